The van der Waals surface area contributed by atoms with Gasteiger partial charge in [-0.15, -0.1) is 0 Å². The molecule has 0 bridgehead atoms. The van der Waals surface area contributed by atoms with E-state index in [0.717, 1.165) is 12.8 Å². The zero-order valence-electron chi connectivity index (χ0n) is 10.9. The van der Waals surface area contributed by atoms with E-state index in [0.29, 0.717) is 23.0 Å². The summed E-state index contributed by atoms with van der Waals surface area (Å²) < 4.78 is 11.9. The Morgan fingerprint density at radius 3 is 2.79 bits per heavy atom. The number of carbonyl (C=O) groups excluding carboxylic acids is 1. The van der Waals surface area contributed by atoms with E-state index < -0.39 is 10.8 Å². The van der Waals surface area contributed by atoms with Gasteiger partial charge in [-0.2, -0.15) is 0 Å². The second-order valence-electron chi connectivity index (χ2n) is 5.07. The average molecular weight is 280 g/mol. The van der Waals surface area contributed by atoms with Gasteiger partial charge in [-0.3, -0.25) is 9.00 Å². The van der Waals surface area contributed by atoms with Crippen molar-refractivity contribution in [2.24, 2.45) is 5.92 Å². The van der Waals surface area contributed by atoms with Crippen molar-refractivity contribution in [1.82, 2.24) is 0 Å². The number of amides is 1. The second-order valence-corrected chi connectivity index (χ2v) is 6.58. The maximum Gasteiger partial charge on any atom is 0.236 e. The van der Waals surface area contributed by atoms with Crippen molar-refractivity contribution in [1.29, 1.82) is 0 Å². The highest BCUT2D eigenvalue weighted by Crippen LogP contribution is 2.25. The molecule has 104 valence electrons. The molecule has 1 saturated carbocycles. The topological polar surface area (TPSA) is 72.2 Å². The highest BCUT2D eigenvalue weighted by Gasteiger charge is 2.19. The molecule has 0 spiro atoms. The van der Waals surface area contributed by atoms with Crippen LogP contribution in [-0.2, 0) is 15.6 Å². The molecule has 1 amide bonds. The molecule has 0 aliphatic heterocycles. The van der Waals surface area contributed by atoms with Gasteiger partial charge in [0.25, 0.3) is 0 Å². The summed E-state index contributed by atoms with van der Waals surface area (Å²) in [7, 11) is -1.06. The molecule has 2 rings (SSSR count). The summed E-state index contributed by atoms with van der Waals surface area (Å²) in [5.74, 6) is 1.07. The van der Waals surface area contributed by atoms with Crippen molar-refractivity contribution >= 4 is 28.1 Å². The van der Waals surface area contributed by atoms with E-state index in [4.69, 9.17) is 5.73 Å². The Morgan fingerprint density at radius 1 is 1.37 bits per heavy atom. The van der Waals surface area contributed by atoms with Crippen LogP contribution in [0.25, 0.3) is 0 Å². The number of hydrogen-bond donors (Lipinski definition) is 2. The van der Waals surface area contributed by atoms with E-state index in [-0.39, 0.29) is 11.7 Å². The van der Waals surface area contributed by atoms with Gasteiger partial charge in [-0.1, -0.05) is 18.9 Å². The molecule has 5 heteroatoms. The number of benzene rings is 1. The first-order valence-electron chi connectivity index (χ1n) is 6.64. The molecular weight excluding hydrogens is 260 g/mol. The Hall–Kier alpha value is -1.36. The number of nitrogens with two attached hydrogens (primary N) is 1. The lowest BCUT2D eigenvalue weighted by molar-refractivity contribution is -0.113. The molecule has 0 radical (unpaired) electrons. The average Bonchev–Trinajstić information content (AvgIpc) is 2.81. The smallest absolute Gasteiger partial charge is 0.236 e. The molecule has 1 aromatic carbocycles. The van der Waals surface area contributed by atoms with Gasteiger partial charge in [0.05, 0.1) is 0 Å². The summed E-state index contributed by atoms with van der Waals surface area (Å²) >= 11 is 0. The minimum absolute atomic E-state index is 0.0747. The first kappa shape index (κ1) is 14.1. The Balaban J connectivity index is 1.78. The Morgan fingerprint density at radius 2 is 2.11 bits per heavy atom. The van der Waals surface area contributed by atoms with E-state index in [1.807, 2.05) is 0 Å². The molecule has 1 unspecified atom stereocenters. The van der Waals surface area contributed by atoms with Gasteiger partial charge in [0.2, 0.25) is 5.91 Å². The number of anilines is 2. The van der Waals surface area contributed by atoms with Crippen molar-refractivity contribution < 1.29 is 9.00 Å². The van der Waals surface area contributed by atoms with Crippen LogP contribution in [0.1, 0.15) is 25.7 Å². The standard InChI is InChI=1S/C14H20N2O2S/c15-12-6-3-7-13(8-12)16-14(17)10-19(18)9-11-4-1-2-5-11/h3,6-8,11H,1-2,4-5,9-10,15H2,(H,16,17). The lowest BCUT2D eigenvalue weighted by Crippen LogP contribution is -2.22. The Labute approximate surface area is 116 Å². The molecular formula is C14H20N2O2S. The number of rotatable bonds is 5. The molecule has 19 heavy (non-hydrogen) atoms. The van der Waals surface area contributed by atoms with Crippen molar-refractivity contribution in [2.75, 3.05) is 22.6 Å². The lowest BCUT2D eigenvalue weighted by Gasteiger charge is -2.09. The van der Waals surface area contributed by atoms with Gasteiger partial charge < -0.3 is 11.1 Å². The molecule has 1 atom stereocenters. The van der Waals surface area contributed by atoms with E-state index >= 15 is 0 Å². The fourth-order valence-corrected chi connectivity index (χ4v) is 3.80. The minimum Gasteiger partial charge on any atom is -0.399 e. The largest absolute Gasteiger partial charge is 0.399 e. The van der Waals surface area contributed by atoms with Crippen LogP contribution in [0.2, 0.25) is 0 Å². The van der Waals surface area contributed by atoms with Crippen LogP contribution in [0.3, 0.4) is 0 Å². The van der Waals surface area contributed by atoms with Crippen LogP contribution in [0.5, 0.6) is 0 Å². The predicted octanol–water partition coefficient (Wildman–Crippen LogP) is 2.15. The van der Waals surface area contributed by atoms with Crippen LogP contribution in [0.4, 0.5) is 11.4 Å². The number of carbonyl (C=O) groups is 1. The maximum atomic E-state index is 11.9. The van der Waals surface area contributed by atoms with Crippen molar-refractivity contribution in [3.05, 3.63) is 24.3 Å². The SMILES string of the molecule is Nc1cccc(NC(=O)CS(=O)CC2CCCC2)c1. The first-order valence-corrected chi connectivity index (χ1v) is 8.12. The first-order chi connectivity index (χ1) is 9.13. The van der Waals surface area contributed by atoms with Gasteiger partial charge in [0.1, 0.15) is 5.75 Å². The minimum atomic E-state index is -1.06. The van der Waals surface area contributed by atoms with E-state index in [1.54, 1.807) is 24.3 Å². The summed E-state index contributed by atoms with van der Waals surface area (Å²) in [6, 6.07) is 7.00. The Kier molecular flexibility index (Phi) is 4.96. The molecule has 0 heterocycles. The van der Waals surface area contributed by atoms with Crippen molar-refractivity contribution in [3.8, 4) is 0 Å². The molecule has 1 aliphatic rings. The molecule has 1 aliphatic carbocycles. The highest BCUT2D eigenvalue weighted by molar-refractivity contribution is 7.85. The van der Waals surface area contributed by atoms with Gasteiger partial charge in [0, 0.05) is 27.9 Å². The van der Waals surface area contributed by atoms with Gasteiger partial charge in [0.15, 0.2) is 0 Å². The summed E-state index contributed by atoms with van der Waals surface area (Å²) in [6.45, 7) is 0. The maximum absolute atomic E-state index is 11.9. The second kappa shape index (κ2) is 6.70. The Bertz CT molecular complexity index is 470. The third-order valence-electron chi connectivity index (χ3n) is 3.36. The van der Waals surface area contributed by atoms with Crippen molar-refractivity contribution in [2.45, 2.75) is 25.7 Å². The molecule has 0 saturated heterocycles. The lowest BCUT2D eigenvalue weighted by atomic mass is 10.1. The number of nitrogen functional groups attached to an aromatic ring is 1. The predicted molar refractivity (Wildman–Crippen MR) is 79.3 cm³/mol. The zero-order chi connectivity index (χ0) is 13.7. The van der Waals surface area contributed by atoms with Crippen LogP contribution in [-0.4, -0.2) is 21.6 Å². The van der Waals surface area contributed by atoms with E-state index in [2.05, 4.69) is 5.32 Å². The molecule has 1 aromatic rings. The summed E-state index contributed by atoms with van der Waals surface area (Å²) in [6.07, 6.45) is 4.78. The summed E-state index contributed by atoms with van der Waals surface area (Å²) in [5, 5.41) is 2.73. The third-order valence-corrected chi connectivity index (χ3v) is 4.79. The van der Waals surface area contributed by atoms with Crippen LogP contribution in [0, 0.1) is 5.92 Å². The van der Waals surface area contributed by atoms with Crippen molar-refractivity contribution in [3.63, 3.8) is 0 Å². The molecule has 1 fully saturated rings. The van der Waals surface area contributed by atoms with Crippen LogP contribution >= 0.6 is 0 Å². The fraction of sp³-hybridized carbons (Fsp3) is 0.500. The van der Waals surface area contributed by atoms with Gasteiger partial charge in [-0.25, -0.2) is 0 Å². The normalized spacial score (nSPS) is 17.3. The molecule has 3 N–H and O–H groups in total. The summed E-state index contributed by atoms with van der Waals surface area (Å²) in [5.41, 5.74) is 6.89. The fourth-order valence-electron chi connectivity index (χ4n) is 2.46. The highest BCUT2D eigenvalue weighted by atomic mass is 32.2. The monoisotopic (exact) mass is 280 g/mol. The third kappa shape index (κ3) is 4.67. The van der Waals surface area contributed by atoms with Gasteiger partial charge in [-0.05, 0) is 37.0 Å². The quantitative estimate of drug-likeness (QED) is 0.812. The zero-order valence-corrected chi connectivity index (χ0v) is 11.7. The van der Waals surface area contributed by atoms with E-state index in [1.165, 1.54) is 12.8 Å². The molecule has 0 aromatic heterocycles. The summed E-state index contributed by atoms with van der Waals surface area (Å²) in [4.78, 5) is 11.8. The van der Waals surface area contributed by atoms with E-state index in [9.17, 15) is 9.00 Å². The van der Waals surface area contributed by atoms with Crippen LogP contribution < -0.4 is 11.1 Å². The number of hydrogen-bond acceptors (Lipinski definition) is 3. The molecule has 4 nitrogen and oxygen atoms in total. The number of nitrogens with one attached hydrogen (secondary N) is 1. The van der Waals surface area contributed by atoms with Gasteiger partial charge >= 0.3 is 0 Å². The van der Waals surface area contributed by atoms with Crippen LogP contribution in [0.15, 0.2) is 24.3 Å².